The van der Waals surface area contributed by atoms with Gasteiger partial charge in [0, 0.05) is 5.56 Å². The highest BCUT2D eigenvalue weighted by molar-refractivity contribution is 5.96. The largest absolute Gasteiger partial charge is 0.480 e. The van der Waals surface area contributed by atoms with Gasteiger partial charge in [-0.15, -0.1) is 0 Å². The first-order chi connectivity index (χ1) is 9.63. The van der Waals surface area contributed by atoms with Gasteiger partial charge in [-0.3, -0.25) is 4.79 Å². The van der Waals surface area contributed by atoms with Crippen molar-refractivity contribution in [3.05, 3.63) is 34.9 Å². The molecule has 1 saturated carbocycles. The maximum Gasteiger partial charge on any atom is 0.326 e. The van der Waals surface area contributed by atoms with Crippen LogP contribution in [0.1, 0.15) is 40.7 Å². The summed E-state index contributed by atoms with van der Waals surface area (Å²) in [6.07, 6.45) is 2.65. The lowest BCUT2D eigenvalue weighted by Crippen LogP contribution is -2.41. The number of carbonyl (C=O) groups excluding carboxylic acids is 1. The number of hydrogen-bond acceptors (Lipinski definition) is 3. The third-order valence-corrected chi connectivity index (χ3v) is 3.85. The summed E-state index contributed by atoms with van der Waals surface area (Å²) >= 11 is 0. The van der Waals surface area contributed by atoms with E-state index in [2.05, 4.69) is 5.32 Å². The van der Waals surface area contributed by atoms with E-state index in [0.29, 0.717) is 31.1 Å². The number of aliphatic carboxylic acids is 1. The van der Waals surface area contributed by atoms with Gasteiger partial charge in [0.15, 0.2) is 0 Å². The van der Waals surface area contributed by atoms with Crippen LogP contribution in [0.2, 0.25) is 0 Å². The van der Waals surface area contributed by atoms with Crippen LogP contribution in [0.25, 0.3) is 0 Å². The molecule has 1 amide bonds. The van der Waals surface area contributed by atoms with E-state index in [4.69, 9.17) is 9.84 Å². The molecule has 0 bridgehead atoms. The Kier molecular flexibility index (Phi) is 3.44. The summed E-state index contributed by atoms with van der Waals surface area (Å²) in [5, 5.41) is 11.8. The summed E-state index contributed by atoms with van der Waals surface area (Å²) in [4.78, 5) is 23.3. The fourth-order valence-corrected chi connectivity index (χ4v) is 2.46. The zero-order valence-electron chi connectivity index (χ0n) is 11.1. The zero-order valence-corrected chi connectivity index (χ0v) is 11.1. The molecule has 2 N–H and O–H groups in total. The maximum absolute atomic E-state index is 12.1. The second-order valence-corrected chi connectivity index (χ2v) is 5.52. The highest BCUT2D eigenvalue weighted by Gasteiger charge is 2.30. The Morgan fingerprint density at radius 1 is 1.30 bits per heavy atom. The van der Waals surface area contributed by atoms with Gasteiger partial charge in [0.2, 0.25) is 0 Å². The van der Waals surface area contributed by atoms with E-state index in [1.165, 1.54) is 0 Å². The molecule has 2 aliphatic rings. The minimum Gasteiger partial charge on any atom is -0.480 e. The summed E-state index contributed by atoms with van der Waals surface area (Å²) in [5.41, 5.74) is 2.59. The smallest absolute Gasteiger partial charge is 0.326 e. The quantitative estimate of drug-likeness (QED) is 0.857. The van der Waals surface area contributed by atoms with E-state index in [1.54, 1.807) is 12.1 Å². The molecular weight excluding hydrogens is 258 g/mol. The number of hydrogen-bond donors (Lipinski definition) is 2. The van der Waals surface area contributed by atoms with Crippen LogP contribution in [0, 0.1) is 5.92 Å². The van der Waals surface area contributed by atoms with Crippen LogP contribution in [0.5, 0.6) is 0 Å². The first kappa shape index (κ1) is 13.1. The molecule has 5 heteroatoms. The number of fused-ring (bicyclic) bond motifs is 1. The molecule has 0 aromatic heterocycles. The van der Waals surface area contributed by atoms with Crippen molar-refractivity contribution >= 4 is 11.9 Å². The van der Waals surface area contributed by atoms with Crippen LogP contribution in [0.4, 0.5) is 0 Å². The Morgan fingerprint density at radius 3 is 2.75 bits per heavy atom. The third-order valence-electron chi connectivity index (χ3n) is 3.85. The summed E-state index contributed by atoms with van der Waals surface area (Å²) in [7, 11) is 0. The van der Waals surface area contributed by atoms with Crippen LogP contribution >= 0.6 is 0 Å². The molecule has 1 aromatic rings. The van der Waals surface area contributed by atoms with Gasteiger partial charge >= 0.3 is 5.97 Å². The molecule has 1 fully saturated rings. The molecule has 0 spiro atoms. The molecule has 1 aliphatic heterocycles. The molecule has 0 saturated heterocycles. The van der Waals surface area contributed by atoms with Crippen molar-refractivity contribution in [2.45, 2.75) is 38.5 Å². The molecule has 20 heavy (non-hydrogen) atoms. The van der Waals surface area contributed by atoms with E-state index in [1.807, 2.05) is 6.07 Å². The standard InChI is InChI=1S/C15H17NO4/c17-14(16-13(15(18)19)5-9-1-2-9)10-3-4-11-7-20-8-12(11)6-10/h3-4,6,9,13H,1-2,5,7-8H2,(H,16,17)(H,18,19). The first-order valence-corrected chi connectivity index (χ1v) is 6.86. The molecule has 5 nitrogen and oxygen atoms in total. The molecule has 0 radical (unpaired) electrons. The average Bonchev–Trinajstić information content (AvgIpc) is 3.12. The van der Waals surface area contributed by atoms with Gasteiger partial charge in [-0.2, -0.15) is 0 Å². The molecular formula is C15H17NO4. The summed E-state index contributed by atoms with van der Waals surface area (Å²) in [5.74, 6) is -0.840. The van der Waals surface area contributed by atoms with E-state index in [-0.39, 0.29) is 5.91 Å². The molecule has 3 rings (SSSR count). The highest BCUT2D eigenvalue weighted by atomic mass is 16.5. The van der Waals surface area contributed by atoms with Gasteiger partial charge in [0.05, 0.1) is 13.2 Å². The van der Waals surface area contributed by atoms with Crippen LogP contribution in [0.3, 0.4) is 0 Å². The fraction of sp³-hybridized carbons (Fsp3) is 0.467. The van der Waals surface area contributed by atoms with Gasteiger partial charge in [0.25, 0.3) is 5.91 Å². The lowest BCUT2D eigenvalue weighted by atomic mass is 10.0. The molecule has 1 aromatic carbocycles. The average molecular weight is 275 g/mol. The maximum atomic E-state index is 12.1. The Labute approximate surface area is 116 Å². The van der Waals surface area contributed by atoms with Crippen LogP contribution in [-0.2, 0) is 22.7 Å². The van der Waals surface area contributed by atoms with Gasteiger partial charge in [-0.1, -0.05) is 18.9 Å². The molecule has 1 aliphatic carbocycles. The first-order valence-electron chi connectivity index (χ1n) is 6.86. The number of rotatable bonds is 5. The minimum atomic E-state index is -0.963. The van der Waals surface area contributed by atoms with E-state index in [9.17, 15) is 9.59 Å². The van der Waals surface area contributed by atoms with Crippen LogP contribution in [0.15, 0.2) is 18.2 Å². The SMILES string of the molecule is O=C(NC(CC1CC1)C(=O)O)c1ccc2c(c1)COC2. The number of carbonyl (C=O) groups is 2. The molecule has 1 heterocycles. The molecule has 1 atom stereocenters. The van der Waals surface area contributed by atoms with Crippen LogP contribution in [-0.4, -0.2) is 23.0 Å². The highest BCUT2D eigenvalue weighted by Crippen LogP contribution is 2.33. The summed E-state index contributed by atoms with van der Waals surface area (Å²) in [6.45, 7) is 1.09. The normalized spacial score (nSPS) is 18.4. The Hall–Kier alpha value is -1.88. The van der Waals surface area contributed by atoms with E-state index in [0.717, 1.165) is 24.0 Å². The lowest BCUT2D eigenvalue weighted by molar-refractivity contribution is -0.139. The van der Waals surface area contributed by atoms with E-state index < -0.39 is 12.0 Å². The number of benzene rings is 1. The van der Waals surface area contributed by atoms with Gasteiger partial charge in [-0.05, 0) is 35.6 Å². The molecule has 1 unspecified atom stereocenters. The number of nitrogens with one attached hydrogen (secondary N) is 1. The zero-order chi connectivity index (χ0) is 14.1. The van der Waals surface area contributed by atoms with Crippen molar-refractivity contribution in [3.8, 4) is 0 Å². The predicted molar refractivity (Wildman–Crippen MR) is 71.2 cm³/mol. The second kappa shape index (κ2) is 5.25. The van der Waals surface area contributed by atoms with Crippen molar-refractivity contribution in [2.75, 3.05) is 0 Å². The second-order valence-electron chi connectivity index (χ2n) is 5.52. The Balaban J connectivity index is 1.69. The van der Waals surface area contributed by atoms with Crippen molar-refractivity contribution < 1.29 is 19.4 Å². The number of carboxylic acid groups (broad SMARTS) is 1. The molecule has 106 valence electrons. The number of amides is 1. The van der Waals surface area contributed by atoms with Crippen molar-refractivity contribution in [1.29, 1.82) is 0 Å². The van der Waals surface area contributed by atoms with Gasteiger partial charge in [0.1, 0.15) is 6.04 Å². The van der Waals surface area contributed by atoms with Crippen molar-refractivity contribution in [2.24, 2.45) is 5.92 Å². The number of ether oxygens (including phenoxy) is 1. The monoisotopic (exact) mass is 275 g/mol. The number of carboxylic acids is 1. The predicted octanol–water partition coefficient (Wildman–Crippen LogP) is 1.70. The lowest BCUT2D eigenvalue weighted by Gasteiger charge is -2.14. The van der Waals surface area contributed by atoms with E-state index >= 15 is 0 Å². The topological polar surface area (TPSA) is 75.6 Å². The fourth-order valence-electron chi connectivity index (χ4n) is 2.46. The van der Waals surface area contributed by atoms with Gasteiger partial charge < -0.3 is 15.2 Å². The van der Waals surface area contributed by atoms with Crippen LogP contribution < -0.4 is 5.32 Å². The van der Waals surface area contributed by atoms with Gasteiger partial charge in [-0.25, -0.2) is 4.79 Å². The van der Waals surface area contributed by atoms with Crippen molar-refractivity contribution in [3.63, 3.8) is 0 Å². The minimum absolute atomic E-state index is 0.326. The van der Waals surface area contributed by atoms with Crippen molar-refractivity contribution in [1.82, 2.24) is 5.32 Å². The third kappa shape index (κ3) is 2.82. The summed E-state index contributed by atoms with van der Waals surface area (Å²) < 4.78 is 5.30. The Bertz CT molecular complexity index is 551. The Morgan fingerprint density at radius 2 is 2.05 bits per heavy atom. The summed E-state index contributed by atoms with van der Waals surface area (Å²) in [6, 6.07) is 4.58.